The molecule has 2 heterocycles. The highest BCUT2D eigenvalue weighted by Crippen LogP contribution is 2.30. The first-order chi connectivity index (χ1) is 17.2. The number of nitrogens with two attached hydrogens (primary N) is 1. The molecule has 7 nitrogen and oxygen atoms in total. The second-order valence-corrected chi connectivity index (χ2v) is 9.63. The molecule has 0 spiro atoms. The van der Waals surface area contributed by atoms with Gasteiger partial charge in [0, 0.05) is 37.0 Å². The number of amides is 1. The van der Waals surface area contributed by atoms with Crippen molar-refractivity contribution in [3.63, 3.8) is 0 Å². The van der Waals surface area contributed by atoms with Crippen molar-refractivity contribution in [2.75, 3.05) is 0 Å². The van der Waals surface area contributed by atoms with Gasteiger partial charge in [0.25, 0.3) is 0 Å². The summed E-state index contributed by atoms with van der Waals surface area (Å²) in [6, 6.07) is 15.9. The summed E-state index contributed by atoms with van der Waals surface area (Å²) in [5.74, 6) is 1.24. The highest BCUT2D eigenvalue weighted by Gasteiger charge is 2.29. The zero-order valence-corrected chi connectivity index (χ0v) is 21.4. The lowest BCUT2D eigenvalue weighted by molar-refractivity contribution is -0.126. The molecule has 36 heavy (non-hydrogen) atoms. The Labute approximate surface area is 212 Å². The fourth-order valence-electron chi connectivity index (χ4n) is 4.40. The molecule has 0 aliphatic rings. The molecule has 0 aliphatic carbocycles. The number of carbonyl (C=O) groups is 1. The van der Waals surface area contributed by atoms with Crippen LogP contribution in [0.25, 0.3) is 22.6 Å². The van der Waals surface area contributed by atoms with Gasteiger partial charge in [-0.2, -0.15) is 0 Å². The summed E-state index contributed by atoms with van der Waals surface area (Å²) < 4.78 is 1.98. The number of carbonyl (C=O) groups excluding carboxylic acids is 1. The fraction of sp³-hybridized carbons (Fsp3) is 0.276. The van der Waals surface area contributed by atoms with Gasteiger partial charge < -0.3 is 20.6 Å². The topological polar surface area (TPSA) is 102 Å². The monoisotopic (exact) mass is 482 g/mol. The van der Waals surface area contributed by atoms with Crippen molar-refractivity contribution < 1.29 is 4.79 Å². The standard InChI is InChI=1S/C29H34N6O/c1-6-19-12-8-9-13-22(19)20(7-2)16-25(32-28(36)29(3,4)30)27-34-33-26(35(27)5)17-21-18-31-24-15-11-10-14-23(21)24/h6-15,18,25,31H,1,16-17,30H2,2-5H3,(H,32,36)/b20-7-/t25-/m1/s1. The first kappa shape index (κ1) is 25.1. The Bertz CT molecular complexity index is 1420. The van der Waals surface area contributed by atoms with Crippen LogP contribution >= 0.6 is 0 Å². The summed E-state index contributed by atoms with van der Waals surface area (Å²) >= 11 is 0. The summed E-state index contributed by atoms with van der Waals surface area (Å²) in [5, 5.41) is 13.3. The molecule has 2 aromatic heterocycles. The number of fused-ring (bicyclic) bond motifs is 1. The number of benzene rings is 2. The van der Waals surface area contributed by atoms with Crippen LogP contribution in [0.2, 0.25) is 0 Å². The maximum Gasteiger partial charge on any atom is 0.240 e. The van der Waals surface area contributed by atoms with E-state index in [9.17, 15) is 4.79 Å². The Balaban J connectivity index is 1.69. The highest BCUT2D eigenvalue weighted by molar-refractivity contribution is 5.86. The first-order valence-corrected chi connectivity index (χ1v) is 12.1. The number of rotatable bonds is 9. The molecule has 0 aliphatic heterocycles. The minimum atomic E-state index is -1.03. The maximum atomic E-state index is 13.0. The first-order valence-electron chi connectivity index (χ1n) is 12.1. The SMILES string of the molecule is C=Cc1ccccc1/C(=C\C)C[C@@H](NC(=O)C(C)(C)N)c1nnc(Cc2c[nH]c3ccccc23)n1C. The molecule has 1 amide bonds. The number of para-hydroxylation sites is 1. The number of aromatic amines is 1. The second-order valence-electron chi connectivity index (χ2n) is 9.63. The zero-order valence-electron chi connectivity index (χ0n) is 21.4. The number of aromatic nitrogens is 4. The summed E-state index contributed by atoms with van der Waals surface area (Å²) in [4.78, 5) is 16.3. The van der Waals surface area contributed by atoms with Crippen molar-refractivity contribution in [3.05, 3.63) is 95.7 Å². The van der Waals surface area contributed by atoms with E-state index in [0.717, 1.165) is 39.0 Å². The highest BCUT2D eigenvalue weighted by atomic mass is 16.2. The molecule has 4 aromatic rings. The van der Waals surface area contributed by atoms with E-state index < -0.39 is 11.6 Å². The van der Waals surface area contributed by atoms with E-state index in [-0.39, 0.29) is 5.91 Å². The molecule has 1 atom stereocenters. The smallest absolute Gasteiger partial charge is 0.240 e. The minimum absolute atomic E-state index is 0.249. The quantitative estimate of drug-likeness (QED) is 0.315. The lowest BCUT2D eigenvalue weighted by atomic mass is 9.93. The summed E-state index contributed by atoms with van der Waals surface area (Å²) in [6.45, 7) is 9.35. The van der Waals surface area contributed by atoms with Crippen LogP contribution in [-0.4, -0.2) is 31.2 Å². The summed E-state index contributed by atoms with van der Waals surface area (Å²) in [6.07, 6.45) is 7.07. The molecule has 7 heteroatoms. The van der Waals surface area contributed by atoms with Crippen molar-refractivity contribution in [1.29, 1.82) is 0 Å². The van der Waals surface area contributed by atoms with Gasteiger partial charge in [0.15, 0.2) is 5.82 Å². The molecule has 0 fully saturated rings. The lowest BCUT2D eigenvalue weighted by Gasteiger charge is -2.25. The van der Waals surface area contributed by atoms with Gasteiger partial charge in [0.05, 0.1) is 11.6 Å². The maximum absolute atomic E-state index is 13.0. The Kier molecular flexibility index (Phi) is 7.22. The third-order valence-electron chi connectivity index (χ3n) is 6.52. The predicted molar refractivity (Wildman–Crippen MR) is 146 cm³/mol. The van der Waals surface area contributed by atoms with Crippen molar-refractivity contribution >= 4 is 28.5 Å². The van der Waals surface area contributed by atoms with Gasteiger partial charge in [-0.15, -0.1) is 10.2 Å². The largest absolute Gasteiger partial charge is 0.361 e. The number of nitrogens with one attached hydrogen (secondary N) is 2. The van der Waals surface area contributed by atoms with Crippen molar-refractivity contribution in [2.24, 2.45) is 12.8 Å². The van der Waals surface area contributed by atoms with Gasteiger partial charge in [-0.3, -0.25) is 4.79 Å². The van der Waals surface area contributed by atoms with E-state index in [1.165, 1.54) is 0 Å². The number of hydrogen-bond acceptors (Lipinski definition) is 4. The van der Waals surface area contributed by atoms with Crippen molar-refractivity contribution in [1.82, 2.24) is 25.1 Å². The molecule has 0 saturated carbocycles. The zero-order chi connectivity index (χ0) is 25.9. The summed E-state index contributed by atoms with van der Waals surface area (Å²) in [7, 11) is 1.94. The van der Waals surface area contributed by atoms with Gasteiger partial charge >= 0.3 is 0 Å². The average molecular weight is 483 g/mol. The van der Waals surface area contributed by atoms with E-state index in [0.29, 0.717) is 18.7 Å². The van der Waals surface area contributed by atoms with E-state index in [1.54, 1.807) is 13.8 Å². The van der Waals surface area contributed by atoms with Crippen molar-refractivity contribution in [3.8, 4) is 0 Å². The van der Waals surface area contributed by atoms with Crippen LogP contribution < -0.4 is 11.1 Å². The van der Waals surface area contributed by atoms with Crippen LogP contribution in [-0.2, 0) is 18.3 Å². The molecule has 4 N–H and O–H groups in total. The fourth-order valence-corrected chi connectivity index (χ4v) is 4.40. The summed E-state index contributed by atoms with van der Waals surface area (Å²) in [5.41, 5.74) is 10.5. The van der Waals surface area contributed by atoms with E-state index in [2.05, 4.69) is 51.4 Å². The van der Waals surface area contributed by atoms with Crippen LogP contribution in [0.3, 0.4) is 0 Å². The molecule has 0 bridgehead atoms. The lowest BCUT2D eigenvalue weighted by Crippen LogP contribution is -2.50. The molecule has 0 radical (unpaired) electrons. The average Bonchev–Trinajstić information content (AvgIpc) is 3.44. The van der Waals surface area contributed by atoms with E-state index >= 15 is 0 Å². The van der Waals surface area contributed by atoms with Crippen LogP contribution in [0, 0.1) is 0 Å². The molecule has 0 saturated heterocycles. The van der Waals surface area contributed by atoms with Gasteiger partial charge in [-0.25, -0.2) is 0 Å². The van der Waals surface area contributed by atoms with Gasteiger partial charge in [-0.05, 0) is 49.1 Å². The molecule has 186 valence electrons. The Morgan fingerprint density at radius 2 is 1.92 bits per heavy atom. The molecular formula is C29H34N6O. The normalized spacial score (nSPS) is 13.1. The molecule has 4 rings (SSSR count). The van der Waals surface area contributed by atoms with Gasteiger partial charge in [-0.1, -0.05) is 61.2 Å². The molecular weight excluding hydrogens is 448 g/mol. The minimum Gasteiger partial charge on any atom is -0.361 e. The van der Waals surface area contributed by atoms with Crippen LogP contribution in [0.5, 0.6) is 0 Å². The van der Waals surface area contributed by atoms with Crippen molar-refractivity contribution in [2.45, 2.75) is 45.2 Å². The van der Waals surface area contributed by atoms with Gasteiger partial charge in [0.2, 0.25) is 5.91 Å². The van der Waals surface area contributed by atoms with Gasteiger partial charge in [0.1, 0.15) is 5.82 Å². The number of nitrogens with zero attached hydrogens (tertiary/aromatic N) is 3. The number of H-pyrrole nitrogens is 1. The van der Waals surface area contributed by atoms with Crippen LogP contribution in [0.15, 0.2) is 67.4 Å². The second kappa shape index (κ2) is 10.3. The third kappa shape index (κ3) is 5.16. The molecule has 0 unspecified atom stereocenters. The van der Waals surface area contributed by atoms with E-state index in [4.69, 9.17) is 5.73 Å². The Morgan fingerprint density at radius 3 is 2.64 bits per heavy atom. The van der Waals surface area contributed by atoms with Crippen LogP contribution in [0.1, 0.15) is 61.6 Å². The number of allylic oxidation sites excluding steroid dienone is 1. The van der Waals surface area contributed by atoms with E-state index in [1.807, 2.05) is 61.1 Å². The predicted octanol–water partition coefficient (Wildman–Crippen LogP) is 4.92. The van der Waals surface area contributed by atoms with Crippen LogP contribution in [0.4, 0.5) is 0 Å². The Morgan fingerprint density at radius 1 is 1.19 bits per heavy atom. The Hall–Kier alpha value is -3.97. The third-order valence-corrected chi connectivity index (χ3v) is 6.52. The molecule has 2 aromatic carbocycles. The number of hydrogen-bond donors (Lipinski definition) is 3.